The first-order valence-corrected chi connectivity index (χ1v) is 6.60. The smallest absolute Gasteiger partial charge is 0.330 e. The van der Waals surface area contributed by atoms with E-state index in [1.807, 2.05) is 12.1 Å². The minimum Gasteiger partial charge on any atom is -0.493 e. The summed E-state index contributed by atoms with van der Waals surface area (Å²) in [5.41, 5.74) is 0.831. The molecule has 0 fully saturated rings. The molecule has 0 aromatic heterocycles. The van der Waals surface area contributed by atoms with Crippen molar-refractivity contribution in [1.29, 1.82) is 0 Å². The molecular formula is C13H16INO4. The van der Waals surface area contributed by atoms with Crippen molar-refractivity contribution in [3.8, 4) is 11.5 Å². The molecule has 0 heterocycles. The third-order valence-corrected chi connectivity index (χ3v) is 3.25. The van der Waals surface area contributed by atoms with Gasteiger partial charge in [0.1, 0.15) is 0 Å². The van der Waals surface area contributed by atoms with E-state index in [9.17, 15) is 4.79 Å². The number of methoxy groups -OCH3 is 3. The summed E-state index contributed by atoms with van der Waals surface area (Å²) in [4.78, 5) is 10.9. The highest BCUT2D eigenvalue weighted by Crippen LogP contribution is 2.38. The van der Waals surface area contributed by atoms with E-state index in [0.717, 1.165) is 9.26 Å². The Morgan fingerprint density at radius 2 is 2.05 bits per heavy atom. The fourth-order valence-corrected chi connectivity index (χ4v) is 2.07. The third-order valence-electron chi connectivity index (χ3n) is 2.35. The predicted octanol–water partition coefficient (Wildman–Crippen LogP) is 2.45. The van der Waals surface area contributed by atoms with Gasteiger partial charge in [-0.1, -0.05) is 6.08 Å². The molecule has 0 spiro atoms. The van der Waals surface area contributed by atoms with Crippen LogP contribution >= 0.6 is 22.6 Å². The van der Waals surface area contributed by atoms with Crippen molar-refractivity contribution in [3.05, 3.63) is 27.9 Å². The molecule has 0 aliphatic rings. The largest absolute Gasteiger partial charge is 0.493 e. The van der Waals surface area contributed by atoms with Crippen LogP contribution in [0.4, 0.5) is 5.69 Å². The van der Waals surface area contributed by atoms with E-state index in [2.05, 4.69) is 32.6 Å². The molecule has 1 rings (SSSR count). The van der Waals surface area contributed by atoms with Crippen molar-refractivity contribution in [2.45, 2.75) is 0 Å². The lowest BCUT2D eigenvalue weighted by atomic mass is 10.2. The maximum atomic E-state index is 10.9. The van der Waals surface area contributed by atoms with Crippen LogP contribution in [-0.2, 0) is 9.53 Å². The zero-order valence-corrected chi connectivity index (χ0v) is 13.2. The van der Waals surface area contributed by atoms with Crippen molar-refractivity contribution < 1.29 is 19.0 Å². The molecule has 104 valence electrons. The van der Waals surface area contributed by atoms with Crippen LogP contribution in [0.1, 0.15) is 0 Å². The van der Waals surface area contributed by atoms with E-state index >= 15 is 0 Å². The molecule has 6 heteroatoms. The van der Waals surface area contributed by atoms with E-state index < -0.39 is 0 Å². The Bertz CT molecular complexity index is 474. The maximum Gasteiger partial charge on any atom is 0.330 e. The highest BCUT2D eigenvalue weighted by molar-refractivity contribution is 14.1. The number of esters is 1. The van der Waals surface area contributed by atoms with Crippen LogP contribution in [0.15, 0.2) is 24.3 Å². The molecular weight excluding hydrogens is 361 g/mol. The van der Waals surface area contributed by atoms with Crippen LogP contribution in [0.3, 0.4) is 0 Å². The topological polar surface area (TPSA) is 56.8 Å². The van der Waals surface area contributed by atoms with Crippen LogP contribution in [0, 0.1) is 3.57 Å². The molecule has 0 amide bonds. The van der Waals surface area contributed by atoms with Gasteiger partial charge in [-0.25, -0.2) is 4.79 Å². The molecule has 19 heavy (non-hydrogen) atoms. The number of benzene rings is 1. The number of rotatable bonds is 6. The first kappa shape index (κ1) is 15.6. The first-order chi connectivity index (χ1) is 9.13. The number of anilines is 1. The van der Waals surface area contributed by atoms with Crippen LogP contribution in [0.5, 0.6) is 11.5 Å². The normalized spacial score (nSPS) is 10.3. The minimum atomic E-state index is -0.380. The Morgan fingerprint density at radius 1 is 1.32 bits per heavy atom. The average Bonchev–Trinajstić information content (AvgIpc) is 2.44. The molecule has 1 aromatic rings. The Kier molecular flexibility index (Phi) is 6.48. The van der Waals surface area contributed by atoms with Gasteiger partial charge in [-0.15, -0.1) is 0 Å². The van der Waals surface area contributed by atoms with Crippen molar-refractivity contribution in [2.75, 3.05) is 33.2 Å². The Labute approximate surface area is 126 Å². The van der Waals surface area contributed by atoms with E-state index in [0.29, 0.717) is 18.0 Å². The Balaban J connectivity index is 2.82. The lowest BCUT2D eigenvalue weighted by Gasteiger charge is -2.15. The summed E-state index contributed by atoms with van der Waals surface area (Å²) >= 11 is 2.20. The van der Waals surface area contributed by atoms with Gasteiger partial charge in [0.05, 0.1) is 27.0 Å². The lowest BCUT2D eigenvalue weighted by molar-refractivity contribution is -0.134. The number of carbonyl (C=O) groups is 1. The molecule has 0 radical (unpaired) electrons. The number of carbonyl (C=O) groups excluding carboxylic acids is 1. The number of ether oxygens (including phenoxy) is 3. The Hall–Kier alpha value is -1.44. The van der Waals surface area contributed by atoms with Gasteiger partial charge < -0.3 is 19.5 Å². The van der Waals surface area contributed by atoms with Gasteiger partial charge in [-0.3, -0.25) is 0 Å². The highest BCUT2D eigenvalue weighted by atomic mass is 127. The molecule has 0 saturated carbocycles. The summed E-state index contributed by atoms with van der Waals surface area (Å²) in [7, 11) is 4.52. The number of hydrogen-bond donors (Lipinski definition) is 1. The van der Waals surface area contributed by atoms with Crippen molar-refractivity contribution >= 4 is 34.2 Å². The minimum absolute atomic E-state index is 0.380. The average molecular weight is 377 g/mol. The molecule has 5 nitrogen and oxygen atoms in total. The first-order valence-electron chi connectivity index (χ1n) is 5.52. The standard InChI is InChI=1S/C13H16INO4/c1-17-10-7-6-9(14)12(13(10)19-3)15-8-4-5-11(16)18-2/h4-7,15H,8H2,1-3H3/b5-4+. The number of halogens is 1. The van der Waals surface area contributed by atoms with E-state index in [4.69, 9.17) is 9.47 Å². The highest BCUT2D eigenvalue weighted by Gasteiger charge is 2.12. The monoisotopic (exact) mass is 377 g/mol. The van der Waals surface area contributed by atoms with Gasteiger partial charge in [0.15, 0.2) is 11.5 Å². The van der Waals surface area contributed by atoms with Crippen LogP contribution in [-0.4, -0.2) is 33.8 Å². The van der Waals surface area contributed by atoms with E-state index in [1.165, 1.54) is 13.2 Å². The van der Waals surface area contributed by atoms with Crippen molar-refractivity contribution in [1.82, 2.24) is 0 Å². The second-order valence-corrected chi connectivity index (χ2v) is 4.63. The summed E-state index contributed by atoms with van der Waals surface area (Å²) in [6.07, 6.45) is 3.05. The summed E-state index contributed by atoms with van der Waals surface area (Å²) < 4.78 is 16.1. The Morgan fingerprint density at radius 3 is 2.63 bits per heavy atom. The quantitative estimate of drug-likeness (QED) is 0.469. The SMILES string of the molecule is COC(=O)/C=C/CNc1c(I)ccc(OC)c1OC. The molecule has 0 aliphatic carbocycles. The molecule has 0 atom stereocenters. The summed E-state index contributed by atoms with van der Waals surface area (Å²) in [5.74, 6) is 0.914. The van der Waals surface area contributed by atoms with Crippen LogP contribution < -0.4 is 14.8 Å². The van der Waals surface area contributed by atoms with Gasteiger partial charge in [0.2, 0.25) is 0 Å². The zero-order chi connectivity index (χ0) is 14.3. The molecule has 1 aromatic carbocycles. The summed E-state index contributed by atoms with van der Waals surface area (Å²) in [5, 5.41) is 3.18. The van der Waals surface area contributed by atoms with Gasteiger partial charge in [-0.05, 0) is 34.7 Å². The third kappa shape index (κ3) is 4.30. The molecule has 0 bridgehead atoms. The van der Waals surface area contributed by atoms with Gasteiger partial charge >= 0.3 is 5.97 Å². The fraction of sp³-hybridized carbons (Fsp3) is 0.308. The second-order valence-electron chi connectivity index (χ2n) is 3.46. The lowest BCUT2D eigenvalue weighted by Crippen LogP contribution is -2.05. The van der Waals surface area contributed by atoms with Crippen molar-refractivity contribution in [2.24, 2.45) is 0 Å². The zero-order valence-electron chi connectivity index (χ0n) is 11.0. The van der Waals surface area contributed by atoms with Gasteiger partial charge in [0.25, 0.3) is 0 Å². The van der Waals surface area contributed by atoms with E-state index in [-0.39, 0.29) is 5.97 Å². The molecule has 1 N–H and O–H groups in total. The second kappa shape index (κ2) is 7.88. The molecule has 0 saturated heterocycles. The maximum absolute atomic E-state index is 10.9. The van der Waals surface area contributed by atoms with Gasteiger partial charge in [0, 0.05) is 16.2 Å². The number of hydrogen-bond acceptors (Lipinski definition) is 5. The van der Waals surface area contributed by atoms with Crippen LogP contribution in [0.25, 0.3) is 0 Å². The number of nitrogens with one attached hydrogen (secondary N) is 1. The fourth-order valence-electron chi connectivity index (χ4n) is 1.45. The molecule has 0 aliphatic heterocycles. The van der Waals surface area contributed by atoms with Crippen LogP contribution in [0.2, 0.25) is 0 Å². The van der Waals surface area contributed by atoms with Crippen molar-refractivity contribution in [3.63, 3.8) is 0 Å². The van der Waals surface area contributed by atoms with Gasteiger partial charge in [-0.2, -0.15) is 0 Å². The summed E-state index contributed by atoms with van der Waals surface area (Å²) in [6.45, 7) is 0.481. The summed E-state index contributed by atoms with van der Waals surface area (Å²) in [6, 6.07) is 3.77. The van der Waals surface area contributed by atoms with E-state index in [1.54, 1.807) is 20.3 Å². The predicted molar refractivity (Wildman–Crippen MR) is 81.9 cm³/mol. The molecule has 0 unspecified atom stereocenters.